The zero-order valence-corrected chi connectivity index (χ0v) is 12.5. The van der Waals surface area contributed by atoms with Gasteiger partial charge in [0.2, 0.25) is 11.9 Å². The van der Waals surface area contributed by atoms with E-state index in [9.17, 15) is 0 Å². The number of rotatable bonds is 4. The fourth-order valence-electron chi connectivity index (χ4n) is 2.26. The van der Waals surface area contributed by atoms with Crippen molar-refractivity contribution in [2.75, 3.05) is 23.7 Å². The van der Waals surface area contributed by atoms with E-state index in [1.54, 1.807) is 0 Å². The summed E-state index contributed by atoms with van der Waals surface area (Å²) in [5.74, 6) is 1.53. The molecule has 0 amide bonds. The van der Waals surface area contributed by atoms with Crippen molar-refractivity contribution in [1.82, 2.24) is 15.0 Å². The summed E-state index contributed by atoms with van der Waals surface area (Å²) in [6.07, 6.45) is 0. The third-order valence-corrected chi connectivity index (χ3v) is 3.17. The van der Waals surface area contributed by atoms with Crippen LogP contribution in [0.4, 0.5) is 11.9 Å². The van der Waals surface area contributed by atoms with Crippen LogP contribution in [0.25, 0.3) is 11.4 Å². The molecular formula is C15H21N5. The van der Waals surface area contributed by atoms with Crippen LogP contribution < -0.4 is 10.6 Å². The Balaban J connectivity index is 2.51. The smallest absolute Gasteiger partial charge is 0.230 e. The second kappa shape index (κ2) is 5.86. The molecule has 0 spiro atoms. The highest BCUT2D eigenvalue weighted by Gasteiger charge is 2.11. The SMILES string of the molecule is CCN(CC)c1nc(N)nc(-c2cc(C)cc(C)c2)n1. The van der Waals surface area contributed by atoms with Crippen molar-refractivity contribution in [2.24, 2.45) is 0 Å². The topological polar surface area (TPSA) is 67.9 Å². The van der Waals surface area contributed by atoms with E-state index in [1.807, 2.05) is 0 Å². The van der Waals surface area contributed by atoms with Crippen molar-refractivity contribution < 1.29 is 0 Å². The lowest BCUT2D eigenvalue weighted by Crippen LogP contribution is -2.25. The lowest BCUT2D eigenvalue weighted by Gasteiger charge is -2.19. The zero-order valence-electron chi connectivity index (χ0n) is 12.5. The van der Waals surface area contributed by atoms with Crippen molar-refractivity contribution in [3.63, 3.8) is 0 Å². The molecule has 1 aromatic carbocycles. The maximum atomic E-state index is 5.83. The molecule has 0 aliphatic carbocycles. The minimum Gasteiger partial charge on any atom is -0.368 e. The molecule has 0 fully saturated rings. The van der Waals surface area contributed by atoms with E-state index in [1.165, 1.54) is 11.1 Å². The number of hydrogen-bond acceptors (Lipinski definition) is 5. The third kappa shape index (κ3) is 3.04. The monoisotopic (exact) mass is 271 g/mol. The molecule has 0 aliphatic rings. The molecule has 0 aliphatic heterocycles. The Morgan fingerprint density at radius 2 is 1.55 bits per heavy atom. The Hall–Kier alpha value is -2.17. The summed E-state index contributed by atoms with van der Waals surface area (Å²) < 4.78 is 0. The number of aryl methyl sites for hydroxylation is 2. The first kappa shape index (κ1) is 14.2. The van der Waals surface area contributed by atoms with E-state index < -0.39 is 0 Å². The quantitative estimate of drug-likeness (QED) is 0.925. The molecule has 2 N–H and O–H groups in total. The standard InChI is InChI=1S/C15H21N5/c1-5-20(6-2)15-18-13(17-14(16)19-15)12-8-10(3)7-11(4)9-12/h7-9H,5-6H2,1-4H3,(H2,16,17,18,19). The molecule has 5 nitrogen and oxygen atoms in total. The van der Waals surface area contributed by atoms with Crippen LogP contribution in [0.2, 0.25) is 0 Å². The van der Waals surface area contributed by atoms with Gasteiger partial charge >= 0.3 is 0 Å². The Kier molecular flexibility index (Phi) is 4.17. The highest BCUT2D eigenvalue weighted by molar-refractivity contribution is 5.60. The van der Waals surface area contributed by atoms with Crippen LogP contribution in [0.3, 0.4) is 0 Å². The van der Waals surface area contributed by atoms with Gasteiger partial charge in [0, 0.05) is 18.7 Å². The van der Waals surface area contributed by atoms with Crippen LogP contribution in [-0.4, -0.2) is 28.0 Å². The summed E-state index contributed by atoms with van der Waals surface area (Å²) in [5, 5.41) is 0. The molecule has 0 bridgehead atoms. The number of hydrogen-bond donors (Lipinski definition) is 1. The molecule has 0 atom stereocenters. The van der Waals surface area contributed by atoms with E-state index in [2.05, 4.69) is 65.7 Å². The maximum absolute atomic E-state index is 5.83. The Morgan fingerprint density at radius 3 is 2.10 bits per heavy atom. The van der Waals surface area contributed by atoms with Crippen LogP contribution in [0.1, 0.15) is 25.0 Å². The van der Waals surface area contributed by atoms with E-state index in [0.717, 1.165) is 18.7 Å². The minimum absolute atomic E-state index is 0.260. The predicted octanol–water partition coefficient (Wildman–Crippen LogP) is 2.58. The normalized spacial score (nSPS) is 10.6. The number of aromatic nitrogens is 3. The third-order valence-electron chi connectivity index (χ3n) is 3.17. The highest BCUT2D eigenvalue weighted by Crippen LogP contribution is 2.21. The second-order valence-corrected chi connectivity index (χ2v) is 4.87. The van der Waals surface area contributed by atoms with Crippen molar-refractivity contribution in [2.45, 2.75) is 27.7 Å². The average Bonchev–Trinajstić information content (AvgIpc) is 2.38. The first-order valence-electron chi connectivity index (χ1n) is 6.88. The number of nitrogen functional groups attached to an aromatic ring is 1. The van der Waals surface area contributed by atoms with Crippen molar-refractivity contribution in [3.05, 3.63) is 29.3 Å². The van der Waals surface area contributed by atoms with Gasteiger partial charge in [0.05, 0.1) is 0 Å². The maximum Gasteiger partial charge on any atom is 0.230 e. The first-order chi connectivity index (χ1) is 9.53. The second-order valence-electron chi connectivity index (χ2n) is 4.87. The van der Waals surface area contributed by atoms with Gasteiger partial charge in [0.1, 0.15) is 0 Å². The number of anilines is 2. The molecule has 0 saturated carbocycles. The summed E-state index contributed by atoms with van der Waals surface area (Å²) in [6, 6.07) is 6.25. The van der Waals surface area contributed by atoms with E-state index >= 15 is 0 Å². The molecule has 0 unspecified atom stereocenters. The fraction of sp³-hybridized carbons (Fsp3) is 0.400. The Morgan fingerprint density at radius 1 is 0.950 bits per heavy atom. The molecule has 1 heterocycles. The molecule has 0 saturated heterocycles. The van der Waals surface area contributed by atoms with Gasteiger partial charge in [-0.05, 0) is 39.8 Å². The first-order valence-corrected chi connectivity index (χ1v) is 6.88. The predicted molar refractivity (Wildman–Crippen MR) is 82.7 cm³/mol. The van der Waals surface area contributed by atoms with Crippen LogP contribution in [0.5, 0.6) is 0 Å². The minimum atomic E-state index is 0.260. The lowest BCUT2D eigenvalue weighted by atomic mass is 10.1. The van der Waals surface area contributed by atoms with E-state index in [4.69, 9.17) is 5.73 Å². The summed E-state index contributed by atoms with van der Waals surface area (Å²) >= 11 is 0. The van der Waals surface area contributed by atoms with Crippen LogP contribution in [0.15, 0.2) is 18.2 Å². The number of nitrogens with two attached hydrogens (primary N) is 1. The van der Waals surface area contributed by atoms with Crippen LogP contribution in [0, 0.1) is 13.8 Å². The summed E-state index contributed by atoms with van der Waals surface area (Å²) in [5.41, 5.74) is 9.18. The van der Waals surface area contributed by atoms with E-state index in [0.29, 0.717) is 11.8 Å². The molecule has 2 rings (SSSR count). The average molecular weight is 271 g/mol. The Labute approximate surface area is 119 Å². The lowest BCUT2D eigenvalue weighted by molar-refractivity contribution is 0.816. The number of benzene rings is 1. The van der Waals surface area contributed by atoms with Gasteiger partial charge in [-0.3, -0.25) is 0 Å². The van der Waals surface area contributed by atoms with Crippen LogP contribution in [-0.2, 0) is 0 Å². The van der Waals surface area contributed by atoms with Gasteiger partial charge in [-0.15, -0.1) is 0 Å². The van der Waals surface area contributed by atoms with Gasteiger partial charge in [-0.2, -0.15) is 15.0 Å². The molecule has 20 heavy (non-hydrogen) atoms. The highest BCUT2D eigenvalue weighted by atomic mass is 15.3. The fourth-order valence-corrected chi connectivity index (χ4v) is 2.26. The van der Waals surface area contributed by atoms with Crippen molar-refractivity contribution >= 4 is 11.9 Å². The molecule has 0 radical (unpaired) electrons. The van der Waals surface area contributed by atoms with Gasteiger partial charge in [0.15, 0.2) is 5.82 Å². The van der Waals surface area contributed by atoms with Crippen molar-refractivity contribution in [1.29, 1.82) is 0 Å². The number of nitrogens with zero attached hydrogens (tertiary/aromatic N) is 4. The zero-order chi connectivity index (χ0) is 14.7. The molecule has 2 aromatic rings. The van der Waals surface area contributed by atoms with Gasteiger partial charge < -0.3 is 10.6 Å². The van der Waals surface area contributed by atoms with Gasteiger partial charge in [-0.1, -0.05) is 17.2 Å². The summed E-state index contributed by atoms with van der Waals surface area (Å²) in [6.45, 7) is 9.94. The van der Waals surface area contributed by atoms with E-state index in [-0.39, 0.29) is 5.95 Å². The largest absolute Gasteiger partial charge is 0.368 e. The molecule has 106 valence electrons. The summed E-state index contributed by atoms with van der Waals surface area (Å²) in [7, 11) is 0. The van der Waals surface area contributed by atoms with Gasteiger partial charge in [0.25, 0.3) is 0 Å². The molecule has 1 aromatic heterocycles. The van der Waals surface area contributed by atoms with Crippen molar-refractivity contribution in [3.8, 4) is 11.4 Å². The van der Waals surface area contributed by atoms with Gasteiger partial charge in [-0.25, -0.2) is 0 Å². The molecule has 5 heteroatoms. The van der Waals surface area contributed by atoms with Crippen LogP contribution >= 0.6 is 0 Å². The summed E-state index contributed by atoms with van der Waals surface area (Å²) in [4.78, 5) is 15.1. The molecular weight excluding hydrogens is 250 g/mol. The Bertz CT molecular complexity index is 585.